The topological polar surface area (TPSA) is 89.1 Å². The van der Waals surface area contributed by atoms with E-state index in [1.54, 1.807) is 12.1 Å². The highest BCUT2D eigenvalue weighted by atomic mass is 19.1. The van der Waals surface area contributed by atoms with Crippen molar-refractivity contribution in [2.24, 2.45) is 5.73 Å². The molecule has 0 aliphatic rings. The van der Waals surface area contributed by atoms with Gasteiger partial charge in [0.1, 0.15) is 17.1 Å². The normalized spacial score (nSPS) is 13.7. The molecule has 0 amide bonds. The van der Waals surface area contributed by atoms with Crippen LogP contribution in [0.2, 0.25) is 0 Å². The Bertz CT molecular complexity index is 606. The number of halogens is 1. The molecule has 0 spiro atoms. The molecule has 0 aliphatic heterocycles. The molecule has 0 radical (unpaired) electrons. The molecule has 0 aliphatic carbocycles. The number of nitrogens with two attached hydrogens (primary N) is 1. The van der Waals surface area contributed by atoms with Gasteiger partial charge in [-0.3, -0.25) is 4.79 Å². The van der Waals surface area contributed by atoms with Crippen molar-refractivity contribution in [2.75, 3.05) is 6.54 Å². The van der Waals surface area contributed by atoms with Gasteiger partial charge in [-0.15, -0.1) is 0 Å². The molecule has 0 saturated carbocycles. The number of aromatic nitrogens is 2. The molecule has 104 valence electrons. The molecule has 2 rings (SSSR count). The fraction of sp³-hybridized carbons (Fsp3) is 0.214. The van der Waals surface area contributed by atoms with Crippen LogP contribution in [0.4, 0.5) is 4.39 Å². The smallest absolute Gasteiger partial charge is 0.315 e. The van der Waals surface area contributed by atoms with Crippen molar-refractivity contribution in [3.8, 4) is 0 Å². The van der Waals surface area contributed by atoms with Crippen LogP contribution >= 0.6 is 0 Å². The average Bonchev–Trinajstić information content (AvgIpc) is 2.45. The van der Waals surface area contributed by atoms with E-state index in [1.807, 2.05) is 0 Å². The third kappa shape index (κ3) is 2.65. The van der Waals surface area contributed by atoms with Crippen LogP contribution in [0.1, 0.15) is 11.4 Å². The van der Waals surface area contributed by atoms with E-state index in [4.69, 9.17) is 5.73 Å². The van der Waals surface area contributed by atoms with Crippen molar-refractivity contribution in [1.29, 1.82) is 0 Å². The quantitative estimate of drug-likeness (QED) is 0.854. The van der Waals surface area contributed by atoms with Gasteiger partial charge in [0.25, 0.3) is 0 Å². The molecule has 0 saturated heterocycles. The predicted octanol–water partition coefficient (Wildman–Crippen LogP) is 1.14. The molecule has 1 heterocycles. The van der Waals surface area contributed by atoms with Gasteiger partial charge >= 0.3 is 5.97 Å². The summed E-state index contributed by atoms with van der Waals surface area (Å²) >= 11 is 0. The van der Waals surface area contributed by atoms with E-state index in [2.05, 4.69) is 9.97 Å². The second-order valence-corrected chi connectivity index (χ2v) is 4.44. The summed E-state index contributed by atoms with van der Waals surface area (Å²) in [6, 6.07) is 7.09. The Morgan fingerprint density at radius 3 is 2.55 bits per heavy atom. The van der Waals surface area contributed by atoms with Crippen LogP contribution in [0.15, 0.2) is 42.7 Å². The molecule has 0 fully saturated rings. The van der Waals surface area contributed by atoms with Gasteiger partial charge in [-0.2, -0.15) is 0 Å². The number of hydrogen-bond donors (Lipinski definition) is 2. The van der Waals surface area contributed by atoms with Crippen molar-refractivity contribution in [3.05, 3.63) is 59.9 Å². The molecular weight excluding hydrogens is 261 g/mol. The number of carboxylic acids is 1. The van der Waals surface area contributed by atoms with Gasteiger partial charge in [-0.05, 0) is 23.8 Å². The molecule has 5 nitrogen and oxygen atoms in total. The molecule has 3 N–H and O–H groups in total. The first-order chi connectivity index (χ1) is 9.58. The van der Waals surface area contributed by atoms with Gasteiger partial charge in [0.15, 0.2) is 0 Å². The van der Waals surface area contributed by atoms with Gasteiger partial charge in [-0.25, -0.2) is 14.4 Å². The number of aliphatic carboxylic acids is 1. The molecule has 20 heavy (non-hydrogen) atoms. The molecule has 1 atom stereocenters. The SMILES string of the molecule is NCC(Cc1ncccn1)(C(=O)O)c1cccc(F)c1. The largest absolute Gasteiger partial charge is 0.481 e. The Balaban J connectivity index is 2.48. The Morgan fingerprint density at radius 2 is 2.00 bits per heavy atom. The summed E-state index contributed by atoms with van der Waals surface area (Å²) in [5.41, 5.74) is 4.54. The van der Waals surface area contributed by atoms with Crippen LogP contribution in [0.3, 0.4) is 0 Å². The number of carboxylic acid groups (broad SMARTS) is 1. The van der Waals surface area contributed by atoms with E-state index in [1.165, 1.54) is 30.6 Å². The van der Waals surface area contributed by atoms with Crippen LogP contribution in [-0.4, -0.2) is 27.6 Å². The number of carbonyl (C=O) groups is 1. The molecule has 2 aromatic rings. The van der Waals surface area contributed by atoms with E-state index in [0.717, 1.165) is 0 Å². The van der Waals surface area contributed by atoms with Crippen LogP contribution in [0, 0.1) is 5.82 Å². The first kappa shape index (κ1) is 14.1. The highest BCUT2D eigenvalue weighted by molar-refractivity contribution is 5.82. The third-order valence-corrected chi connectivity index (χ3v) is 3.21. The van der Waals surface area contributed by atoms with E-state index in [9.17, 15) is 14.3 Å². The average molecular weight is 275 g/mol. The predicted molar refractivity (Wildman–Crippen MR) is 70.5 cm³/mol. The van der Waals surface area contributed by atoms with Crippen LogP contribution in [0.5, 0.6) is 0 Å². The molecule has 6 heteroatoms. The van der Waals surface area contributed by atoms with E-state index in [0.29, 0.717) is 11.4 Å². The van der Waals surface area contributed by atoms with Gasteiger partial charge in [0.05, 0.1) is 0 Å². The van der Waals surface area contributed by atoms with Crippen LogP contribution in [0.25, 0.3) is 0 Å². The summed E-state index contributed by atoms with van der Waals surface area (Å²) < 4.78 is 13.4. The monoisotopic (exact) mass is 275 g/mol. The van der Waals surface area contributed by atoms with Crippen molar-refractivity contribution in [2.45, 2.75) is 11.8 Å². The summed E-state index contributed by atoms with van der Waals surface area (Å²) in [5, 5.41) is 9.57. The fourth-order valence-corrected chi connectivity index (χ4v) is 2.06. The lowest BCUT2D eigenvalue weighted by molar-refractivity contribution is -0.143. The second-order valence-electron chi connectivity index (χ2n) is 4.44. The lowest BCUT2D eigenvalue weighted by Gasteiger charge is -2.27. The number of rotatable bonds is 5. The van der Waals surface area contributed by atoms with Crippen molar-refractivity contribution >= 4 is 5.97 Å². The lowest BCUT2D eigenvalue weighted by atomic mass is 9.77. The van der Waals surface area contributed by atoms with Gasteiger partial charge in [0.2, 0.25) is 0 Å². The van der Waals surface area contributed by atoms with Crippen molar-refractivity contribution in [1.82, 2.24) is 9.97 Å². The number of nitrogens with zero attached hydrogens (tertiary/aromatic N) is 2. The Morgan fingerprint density at radius 1 is 1.30 bits per heavy atom. The zero-order valence-corrected chi connectivity index (χ0v) is 10.7. The van der Waals surface area contributed by atoms with Crippen LogP contribution < -0.4 is 5.73 Å². The third-order valence-electron chi connectivity index (χ3n) is 3.21. The highest BCUT2D eigenvalue weighted by Gasteiger charge is 2.40. The molecule has 0 bridgehead atoms. The maximum absolute atomic E-state index is 13.4. The summed E-state index contributed by atoms with van der Waals surface area (Å²) in [5.74, 6) is -1.28. The minimum Gasteiger partial charge on any atom is -0.481 e. The van der Waals surface area contributed by atoms with E-state index in [-0.39, 0.29) is 13.0 Å². The molecular formula is C14H14FN3O2. The first-order valence-corrected chi connectivity index (χ1v) is 6.04. The second kappa shape index (κ2) is 5.75. The number of benzene rings is 1. The van der Waals surface area contributed by atoms with Crippen molar-refractivity contribution in [3.63, 3.8) is 0 Å². The van der Waals surface area contributed by atoms with Gasteiger partial charge in [-0.1, -0.05) is 12.1 Å². The fourth-order valence-electron chi connectivity index (χ4n) is 2.06. The van der Waals surface area contributed by atoms with Crippen molar-refractivity contribution < 1.29 is 14.3 Å². The van der Waals surface area contributed by atoms with Crippen LogP contribution in [-0.2, 0) is 16.6 Å². The molecule has 1 unspecified atom stereocenters. The Labute approximate surface area is 115 Å². The van der Waals surface area contributed by atoms with Gasteiger partial charge < -0.3 is 10.8 Å². The van der Waals surface area contributed by atoms with E-state index >= 15 is 0 Å². The maximum Gasteiger partial charge on any atom is 0.315 e. The Hall–Kier alpha value is -2.34. The molecule has 1 aromatic heterocycles. The minimum atomic E-state index is -1.44. The zero-order chi connectivity index (χ0) is 14.6. The highest BCUT2D eigenvalue weighted by Crippen LogP contribution is 2.27. The molecule has 1 aromatic carbocycles. The standard InChI is InChI=1S/C14H14FN3O2/c15-11-4-1-3-10(7-11)14(9-16,13(19)20)8-12-17-5-2-6-18-12/h1-7H,8-9,16H2,(H,19,20). The first-order valence-electron chi connectivity index (χ1n) is 6.04. The van der Waals surface area contributed by atoms with E-state index < -0.39 is 17.2 Å². The van der Waals surface area contributed by atoms with Gasteiger partial charge in [0, 0.05) is 25.4 Å². The lowest BCUT2D eigenvalue weighted by Crippen LogP contribution is -2.45. The zero-order valence-electron chi connectivity index (χ0n) is 10.7. The summed E-state index contributed by atoms with van der Waals surface area (Å²) in [6.45, 7) is -0.177. The summed E-state index contributed by atoms with van der Waals surface area (Å²) in [6.07, 6.45) is 3.05. The minimum absolute atomic E-state index is 0.00310. The number of hydrogen-bond acceptors (Lipinski definition) is 4. The summed E-state index contributed by atoms with van der Waals surface area (Å²) in [7, 11) is 0. The maximum atomic E-state index is 13.4. The summed E-state index contributed by atoms with van der Waals surface area (Å²) in [4.78, 5) is 19.7. The Kier molecular flexibility index (Phi) is 4.05.